The third kappa shape index (κ3) is 3.62. The molecular weight excluding hydrogens is 319 g/mol. The van der Waals surface area contributed by atoms with Gasteiger partial charge in [0.15, 0.2) is 0 Å². The van der Waals surface area contributed by atoms with E-state index in [1.165, 1.54) is 12.8 Å². The minimum Gasteiger partial charge on any atom is -0.356 e. The Bertz CT molecular complexity index is 654. The molecule has 1 fully saturated rings. The van der Waals surface area contributed by atoms with Crippen LogP contribution >= 0.6 is 23.2 Å². The van der Waals surface area contributed by atoms with Gasteiger partial charge in [0.25, 0.3) is 0 Å². The van der Waals surface area contributed by atoms with Crippen LogP contribution in [0.5, 0.6) is 0 Å². The zero-order chi connectivity index (χ0) is 15.5. The number of hydrogen-bond acceptors (Lipinski definition) is 4. The number of nitrogens with one attached hydrogen (secondary N) is 1. The SMILES string of the molecule is CC1CCN(c2cc(Nc3ccc(Cl)c(Cl)c3)ncn2)CC1. The van der Waals surface area contributed by atoms with Crippen molar-refractivity contribution in [3.8, 4) is 0 Å². The first-order chi connectivity index (χ1) is 10.6. The normalized spacial score (nSPS) is 15.9. The van der Waals surface area contributed by atoms with Crippen molar-refractivity contribution in [2.45, 2.75) is 19.8 Å². The molecule has 0 amide bonds. The molecule has 0 bridgehead atoms. The van der Waals surface area contributed by atoms with Crippen LogP contribution in [0.1, 0.15) is 19.8 Å². The standard InChI is InChI=1S/C16H18Cl2N4/c1-11-4-6-22(7-5-11)16-9-15(19-10-20-16)21-12-2-3-13(17)14(18)8-12/h2-3,8-11H,4-7H2,1H3,(H,19,20,21). The largest absolute Gasteiger partial charge is 0.356 e. The molecule has 3 rings (SSSR count). The van der Waals surface area contributed by atoms with Crippen molar-refractivity contribution in [1.29, 1.82) is 0 Å². The quantitative estimate of drug-likeness (QED) is 0.876. The molecule has 0 spiro atoms. The fourth-order valence-electron chi connectivity index (χ4n) is 2.55. The lowest BCUT2D eigenvalue weighted by atomic mass is 9.99. The highest BCUT2D eigenvalue weighted by Gasteiger charge is 2.17. The van der Waals surface area contributed by atoms with Crippen LogP contribution in [0.15, 0.2) is 30.6 Å². The van der Waals surface area contributed by atoms with Crippen molar-refractivity contribution < 1.29 is 0 Å². The molecule has 0 saturated carbocycles. The lowest BCUT2D eigenvalue weighted by Gasteiger charge is -2.31. The molecule has 0 atom stereocenters. The molecule has 0 aliphatic carbocycles. The highest BCUT2D eigenvalue weighted by Crippen LogP contribution is 2.27. The number of aromatic nitrogens is 2. The van der Waals surface area contributed by atoms with Gasteiger partial charge in [-0.1, -0.05) is 30.1 Å². The summed E-state index contributed by atoms with van der Waals surface area (Å²) < 4.78 is 0. The number of nitrogens with zero attached hydrogens (tertiary/aromatic N) is 3. The van der Waals surface area contributed by atoms with Crippen LogP contribution in [0, 0.1) is 5.92 Å². The fourth-order valence-corrected chi connectivity index (χ4v) is 2.85. The Labute approximate surface area is 140 Å². The number of benzene rings is 1. The second-order valence-corrected chi connectivity index (χ2v) is 6.50. The van der Waals surface area contributed by atoms with Crippen molar-refractivity contribution in [2.75, 3.05) is 23.3 Å². The van der Waals surface area contributed by atoms with E-state index in [1.807, 2.05) is 12.1 Å². The maximum atomic E-state index is 6.03. The van der Waals surface area contributed by atoms with Crippen LogP contribution in [-0.2, 0) is 0 Å². The van der Waals surface area contributed by atoms with Gasteiger partial charge in [0.2, 0.25) is 0 Å². The van der Waals surface area contributed by atoms with Crippen LogP contribution in [0.2, 0.25) is 10.0 Å². The Hall–Kier alpha value is -1.52. The number of hydrogen-bond donors (Lipinski definition) is 1. The summed E-state index contributed by atoms with van der Waals surface area (Å²) in [5.74, 6) is 2.51. The zero-order valence-corrected chi connectivity index (χ0v) is 13.9. The summed E-state index contributed by atoms with van der Waals surface area (Å²) in [6.07, 6.45) is 4.01. The summed E-state index contributed by atoms with van der Waals surface area (Å²) in [6.45, 7) is 4.39. The van der Waals surface area contributed by atoms with Gasteiger partial charge in [0, 0.05) is 24.8 Å². The topological polar surface area (TPSA) is 41.0 Å². The summed E-state index contributed by atoms with van der Waals surface area (Å²) in [5, 5.41) is 4.30. The molecule has 1 N–H and O–H groups in total. The first kappa shape index (κ1) is 15.4. The van der Waals surface area contributed by atoms with Crippen molar-refractivity contribution in [3.05, 3.63) is 40.6 Å². The Morgan fingerprint density at radius 2 is 1.86 bits per heavy atom. The molecular formula is C16H18Cl2N4. The smallest absolute Gasteiger partial charge is 0.135 e. The van der Waals surface area contributed by atoms with Gasteiger partial charge in [-0.3, -0.25) is 0 Å². The van der Waals surface area contributed by atoms with Gasteiger partial charge in [-0.2, -0.15) is 0 Å². The van der Waals surface area contributed by atoms with E-state index in [0.717, 1.165) is 36.3 Å². The van der Waals surface area contributed by atoms with Gasteiger partial charge in [0.05, 0.1) is 10.0 Å². The Morgan fingerprint density at radius 1 is 1.09 bits per heavy atom. The van der Waals surface area contributed by atoms with Gasteiger partial charge in [-0.05, 0) is 37.0 Å². The lowest BCUT2D eigenvalue weighted by Crippen LogP contribution is -2.33. The van der Waals surface area contributed by atoms with Crippen molar-refractivity contribution in [3.63, 3.8) is 0 Å². The first-order valence-electron chi connectivity index (χ1n) is 7.41. The average Bonchev–Trinajstić information content (AvgIpc) is 2.52. The minimum atomic E-state index is 0.519. The summed E-state index contributed by atoms with van der Waals surface area (Å²) in [4.78, 5) is 11.0. The molecule has 1 aliphatic heterocycles. The van der Waals surface area contributed by atoms with Crippen LogP contribution in [0.25, 0.3) is 0 Å². The first-order valence-corrected chi connectivity index (χ1v) is 8.16. The third-order valence-electron chi connectivity index (χ3n) is 3.95. The Kier molecular flexibility index (Phi) is 4.69. The molecule has 22 heavy (non-hydrogen) atoms. The van der Waals surface area contributed by atoms with Crippen LogP contribution in [0.3, 0.4) is 0 Å². The number of rotatable bonds is 3. The van der Waals surface area contributed by atoms with Gasteiger partial charge in [0.1, 0.15) is 18.0 Å². The van der Waals surface area contributed by atoms with E-state index in [9.17, 15) is 0 Å². The monoisotopic (exact) mass is 336 g/mol. The molecule has 1 saturated heterocycles. The molecule has 1 aromatic heterocycles. The maximum Gasteiger partial charge on any atom is 0.135 e. The molecule has 0 radical (unpaired) electrons. The average molecular weight is 337 g/mol. The number of piperidine rings is 1. The number of halogens is 2. The number of anilines is 3. The van der Waals surface area contributed by atoms with E-state index in [0.29, 0.717) is 10.0 Å². The van der Waals surface area contributed by atoms with E-state index in [4.69, 9.17) is 23.2 Å². The summed E-state index contributed by atoms with van der Waals surface area (Å²) in [6, 6.07) is 7.39. The third-order valence-corrected chi connectivity index (χ3v) is 4.69. The van der Waals surface area contributed by atoms with Gasteiger partial charge in [-0.15, -0.1) is 0 Å². The van der Waals surface area contributed by atoms with Gasteiger partial charge < -0.3 is 10.2 Å². The highest BCUT2D eigenvalue weighted by molar-refractivity contribution is 6.42. The van der Waals surface area contributed by atoms with Crippen molar-refractivity contribution >= 4 is 40.5 Å². The summed E-state index contributed by atoms with van der Waals surface area (Å²) in [5.41, 5.74) is 0.853. The second kappa shape index (κ2) is 6.71. The molecule has 4 nitrogen and oxygen atoms in total. The van der Waals surface area contributed by atoms with Gasteiger partial charge in [-0.25, -0.2) is 9.97 Å². The zero-order valence-electron chi connectivity index (χ0n) is 12.4. The minimum absolute atomic E-state index is 0.519. The molecule has 2 heterocycles. The summed E-state index contributed by atoms with van der Waals surface area (Å²) in [7, 11) is 0. The summed E-state index contributed by atoms with van der Waals surface area (Å²) >= 11 is 12.0. The van der Waals surface area contributed by atoms with Gasteiger partial charge >= 0.3 is 0 Å². The molecule has 116 valence electrons. The van der Waals surface area contributed by atoms with Crippen LogP contribution in [-0.4, -0.2) is 23.1 Å². The predicted octanol–water partition coefficient (Wildman–Crippen LogP) is 4.76. The van der Waals surface area contributed by atoms with E-state index in [2.05, 4.69) is 27.1 Å². The van der Waals surface area contributed by atoms with E-state index in [1.54, 1.807) is 18.5 Å². The molecule has 0 unspecified atom stereocenters. The predicted molar refractivity (Wildman–Crippen MR) is 92.4 cm³/mol. The van der Waals surface area contributed by atoms with Crippen molar-refractivity contribution in [2.24, 2.45) is 5.92 Å². The van der Waals surface area contributed by atoms with Crippen LogP contribution < -0.4 is 10.2 Å². The Morgan fingerprint density at radius 3 is 2.59 bits per heavy atom. The molecule has 6 heteroatoms. The second-order valence-electron chi connectivity index (χ2n) is 5.68. The van der Waals surface area contributed by atoms with E-state index >= 15 is 0 Å². The van der Waals surface area contributed by atoms with Crippen molar-refractivity contribution in [1.82, 2.24) is 9.97 Å². The highest BCUT2D eigenvalue weighted by atomic mass is 35.5. The maximum absolute atomic E-state index is 6.03. The molecule has 1 aromatic carbocycles. The molecule has 1 aliphatic rings. The van der Waals surface area contributed by atoms with E-state index < -0.39 is 0 Å². The Balaban J connectivity index is 1.74. The molecule has 2 aromatic rings. The fraction of sp³-hybridized carbons (Fsp3) is 0.375. The lowest BCUT2D eigenvalue weighted by molar-refractivity contribution is 0.436. The van der Waals surface area contributed by atoms with Crippen LogP contribution in [0.4, 0.5) is 17.3 Å². The van der Waals surface area contributed by atoms with E-state index in [-0.39, 0.29) is 0 Å².